The van der Waals surface area contributed by atoms with Gasteiger partial charge in [-0.2, -0.15) is 0 Å². The maximum atomic E-state index is 12.7. The predicted octanol–water partition coefficient (Wildman–Crippen LogP) is 4.16. The third-order valence-electron chi connectivity index (χ3n) is 6.58. The standard InChI is InChI=1S/C26H30N2O5/c1-17(15-24(29)28-14-6-7-18(28)12-13-25(30)31)27-26(32)33-16-23-21-10-4-2-8-19(21)20-9-3-5-11-22(20)23/h2-5,8-11,17-18,23H,6-7,12-16H2,1H3,(H,27,32)(H,30,31)/t17-,18?/m0/s1. The number of carboxylic acids is 1. The van der Waals surface area contributed by atoms with Crippen molar-refractivity contribution < 1.29 is 24.2 Å². The summed E-state index contributed by atoms with van der Waals surface area (Å²) in [6.07, 6.45) is 1.85. The Morgan fingerprint density at radius 2 is 1.73 bits per heavy atom. The van der Waals surface area contributed by atoms with E-state index in [0.717, 1.165) is 24.0 Å². The molecule has 7 nitrogen and oxygen atoms in total. The summed E-state index contributed by atoms with van der Waals surface area (Å²) >= 11 is 0. The number of aliphatic carboxylic acids is 1. The van der Waals surface area contributed by atoms with Crippen molar-refractivity contribution in [1.82, 2.24) is 10.2 Å². The fourth-order valence-corrected chi connectivity index (χ4v) is 5.03. The Morgan fingerprint density at radius 3 is 2.36 bits per heavy atom. The molecule has 0 aromatic heterocycles. The molecule has 2 atom stereocenters. The van der Waals surface area contributed by atoms with E-state index in [1.54, 1.807) is 11.8 Å². The molecule has 174 valence electrons. The van der Waals surface area contributed by atoms with Gasteiger partial charge in [0.05, 0.1) is 0 Å². The van der Waals surface area contributed by atoms with E-state index >= 15 is 0 Å². The Morgan fingerprint density at radius 1 is 1.09 bits per heavy atom. The van der Waals surface area contributed by atoms with Gasteiger partial charge in [-0.15, -0.1) is 0 Å². The van der Waals surface area contributed by atoms with Crippen LogP contribution < -0.4 is 5.32 Å². The van der Waals surface area contributed by atoms with E-state index in [9.17, 15) is 14.4 Å². The van der Waals surface area contributed by atoms with Crippen molar-refractivity contribution >= 4 is 18.0 Å². The minimum Gasteiger partial charge on any atom is -0.481 e. The molecular formula is C26H30N2O5. The van der Waals surface area contributed by atoms with Gasteiger partial charge in [-0.1, -0.05) is 48.5 Å². The van der Waals surface area contributed by atoms with Crippen LogP contribution in [0, 0.1) is 0 Å². The van der Waals surface area contributed by atoms with Crippen LogP contribution in [-0.4, -0.2) is 53.2 Å². The van der Waals surface area contributed by atoms with E-state index in [-0.39, 0.29) is 43.4 Å². The largest absolute Gasteiger partial charge is 0.481 e. The van der Waals surface area contributed by atoms with Crippen LogP contribution in [0.15, 0.2) is 48.5 Å². The lowest BCUT2D eigenvalue weighted by atomic mass is 9.98. The van der Waals surface area contributed by atoms with Crippen molar-refractivity contribution in [2.24, 2.45) is 0 Å². The Labute approximate surface area is 193 Å². The van der Waals surface area contributed by atoms with E-state index in [0.29, 0.717) is 13.0 Å². The van der Waals surface area contributed by atoms with Gasteiger partial charge in [0.2, 0.25) is 5.91 Å². The first kappa shape index (κ1) is 22.8. The molecule has 2 aliphatic rings. The summed E-state index contributed by atoms with van der Waals surface area (Å²) in [6.45, 7) is 2.65. The Kier molecular flexibility index (Phi) is 6.96. The minimum absolute atomic E-state index is 0.0142. The predicted molar refractivity (Wildman–Crippen MR) is 124 cm³/mol. The zero-order valence-corrected chi connectivity index (χ0v) is 18.8. The zero-order valence-electron chi connectivity index (χ0n) is 18.8. The second kappa shape index (κ2) is 10.1. The van der Waals surface area contributed by atoms with E-state index in [4.69, 9.17) is 9.84 Å². The number of rotatable bonds is 8. The fourth-order valence-electron chi connectivity index (χ4n) is 5.03. The molecule has 1 saturated heterocycles. The molecule has 2 aromatic rings. The summed E-state index contributed by atoms with van der Waals surface area (Å²) in [5, 5.41) is 11.7. The first-order valence-electron chi connectivity index (χ1n) is 11.6. The lowest BCUT2D eigenvalue weighted by Gasteiger charge is -2.26. The molecule has 1 aliphatic heterocycles. The third-order valence-corrected chi connectivity index (χ3v) is 6.58. The van der Waals surface area contributed by atoms with E-state index < -0.39 is 12.1 Å². The number of nitrogens with one attached hydrogen (secondary N) is 1. The Hall–Kier alpha value is -3.35. The lowest BCUT2D eigenvalue weighted by molar-refractivity contribution is -0.138. The molecule has 0 spiro atoms. The zero-order chi connectivity index (χ0) is 23.4. The van der Waals surface area contributed by atoms with E-state index in [2.05, 4.69) is 29.6 Å². The van der Waals surface area contributed by atoms with Crippen LogP contribution in [0.5, 0.6) is 0 Å². The highest BCUT2D eigenvalue weighted by atomic mass is 16.5. The molecule has 1 aliphatic carbocycles. The number of carboxylic acid groups (broad SMARTS) is 1. The molecule has 2 N–H and O–H groups in total. The molecule has 4 rings (SSSR count). The van der Waals surface area contributed by atoms with Gasteiger partial charge in [-0.25, -0.2) is 4.79 Å². The van der Waals surface area contributed by atoms with Crippen LogP contribution in [0.2, 0.25) is 0 Å². The number of carbonyl (C=O) groups is 3. The highest BCUT2D eigenvalue weighted by Gasteiger charge is 2.31. The molecule has 1 heterocycles. The van der Waals surface area contributed by atoms with Gasteiger partial charge in [-0.05, 0) is 48.4 Å². The molecule has 2 amide bonds. The molecule has 7 heteroatoms. The van der Waals surface area contributed by atoms with Crippen molar-refractivity contribution in [3.63, 3.8) is 0 Å². The molecule has 2 aromatic carbocycles. The van der Waals surface area contributed by atoms with Gasteiger partial charge < -0.3 is 20.1 Å². The van der Waals surface area contributed by atoms with Crippen molar-refractivity contribution in [3.8, 4) is 11.1 Å². The number of fused-ring (bicyclic) bond motifs is 3. The van der Waals surface area contributed by atoms with Crippen LogP contribution in [0.1, 0.15) is 56.1 Å². The highest BCUT2D eigenvalue weighted by molar-refractivity contribution is 5.80. The number of hydrogen-bond acceptors (Lipinski definition) is 4. The summed E-state index contributed by atoms with van der Waals surface area (Å²) in [7, 11) is 0. The van der Waals surface area contributed by atoms with Gasteiger partial charge in [0, 0.05) is 37.4 Å². The number of alkyl carbamates (subject to hydrolysis) is 1. The number of carbonyl (C=O) groups excluding carboxylic acids is 2. The van der Waals surface area contributed by atoms with Crippen LogP contribution in [0.25, 0.3) is 11.1 Å². The molecule has 0 saturated carbocycles. The third kappa shape index (κ3) is 5.18. The number of likely N-dealkylation sites (tertiary alicyclic amines) is 1. The number of benzene rings is 2. The number of nitrogens with zero attached hydrogens (tertiary/aromatic N) is 1. The van der Waals surface area contributed by atoms with E-state index in [1.165, 1.54) is 11.1 Å². The maximum Gasteiger partial charge on any atom is 0.407 e. The summed E-state index contributed by atoms with van der Waals surface area (Å²) in [5.74, 6) is -0.923. The molecular weight excluding hydrogens is 420 g/mol. The monoisotopic (exact) mass is 450 g/mol. The molecule has 1 fully saturated rings. The molecule has 33 heavy (non-hydrogen) atoms. The second-order valence-electron chi connectivity index (χ2n) is 8.89. The Balaban J connectivity index is 1.29. The Bertz CT molecular complexity index is 991. The lowest BCUT2D eigenvalue weighted by Crippen LogP contribution is -2.41. The average Bonchev–Trinajstić information content (AvgIpc) is 3.39. The quantitative estimate of drug-likeness (QED) is 0.630. The van der Waals surface area contributed by atoms with Crippen molar-refractivity contribution in [2.45, 2.75) is 57.0 Å². The van der Waals surface area contributed by atoms with Crippen molar-refractivity contribution in [3.05, 3.63) is 59.7 Å². The van der Waals surface area contributed by atoms with Gasteiger partial charge in [0.25, 0.3) is 0 Å². The number of hydrogen-bond donors (Lipinski definition) is 2. The van der Waals surface area contributed by atoms with Gasteiger partial charge in [-0.3, -0.25) is 9.59 Å². The first-order valence-corrected chi connectivity index (χ1v) is 11.6. The van der Waals surface area contributed by atoms with Gasteiger partial charge in [0.1, 0.15) is 6.61 Å². The van der Waals surface area contributed by atoms with Crippen molar-refractivity contribution in [2.75, 3.05) is 13.2 Å². The van der Waals surface area contributed by atoms with Crippen LogP contribution in [-0.2, 0) is 14.3 Å². The van der Waals surface area contributed by atoms with Crippen molar-refractivity contribution in [1.29, 1.82) is 0 Å². The first-order chi connectivity index (χ1) is 15.9. The SMILES string of the molecule is C[C@@H](CC(=O)N1CCCC1CCC(=O)O)NC(=O)OCC1c2ccccc2-c2ccccc21. The van der Waals surface area contributed by atoms with Crippen LogP contribution in [0.3, 0.4) is 0 Å². The summed E-state index contributed by atoms with van der Waals surface area (Å²) < 4.78 is 5.56. The number of amides is 2. The summed E-state index contributed by atoms with van der Waals surface area (Å²) in [4.78, 5) is 37.8. The molecule has 1 unspecified atom stereocenters. The van der Waals surface area contributed by atoms with Crippen LogP contribution in [0.4, 0.5) is 4.79 Å². The van der Waals surface area contributed by atoms with Gasteiger partial charge >= 0.3 is 12.1 Å². The summed E-state index contributed by atoms with van der Waals surface area (Å²) in [6, 6.07) is 15.9. The molecule has 0 bridgehead atoms. The van der Waals surface area contributed by atoms with Crippen LogP contribution >= 0.6 is 0 Å². The molecule has 0 radical (unpaired) electrons. The fraction of sp³-hybridized carbons (Fsp3) is 0.423. The normalized spacial score (nSPS) is 17.8. The van der Waals surface area contributed by atoms with Gasteiger partial charge in [0.15, 0.2) is 0 Å². The van der Waals surface area contributed by atoms with E-state index in [1.807, 2.05) is 24.3 Å². The topological polar surface area (TPSA) is 95.9 Å². The minimum atomic E-state index is -0.848. The smallest absolute Gasteiger partial charge is 0.407 e. The highest BCUT2D eigenvalue weighted by Crippen LogP contribution is 2.44. The summed E-state index contributed by atoms with van der Waals surface area (Å²) in [5.41, 5.74) is 4.64. The number of ether oxygens (including phenoxy) is 1. The second-order valence-corrected chi connectivity index (χ2v) is 8.89. The maximum absolute atomic E-state index is 12.7. The average molecular weight is 451 g/mol.